The lowest BCUT2D eigenvalue weighted by Gasteiger charge is -2.26. The summed E-state index contributed by atoms with van der Waals surface area (Å²) in [6.07, 6.45) is 0.678. The van der Waals surface area contributed by atoms with Gasteiger partial charge in [0.2, 0.25) is 0 Å². The summed E-state index contributed by atoms with van der Waals surface area (Å²) < 4.78 is 26.3. The summed E-state index contributed by atoms with van der Waals surface area (Å²) in [5, 5.41) is 8.63. The number of ether oxygens (including phenoxy) is 1. The quantitative estimate of drug-likeness (QED) is 0.731. The Labute approximate surface area is 142 Å². The molecule has 4 rings (SSSR count). The molecule has 0 bridgehead atoms. The second-order valence-electron chi connectivity index (χ2n) is 6.08. The van der Waals surface area contributed by atoms with Crippen molar-refractivity contribution in [3.05, 3.63) is 58.3 Å². The Balaban J connectivity index is 1.75. The van der Waals surface area contributed by atoms with Crippen LogP contribution in [0.5, 0.6) is 0 Å². The van der Waals surface area contributed by atoms with Crippen molar-refractivity contribution in [2.45, 2.75) is 18.9 Å². The van der Waals surface area contributed by atoms with E-state index in [0.29, 0.717) is 41.9 Å². The fourth-order valence-electron chi connectivity index (χ4n) is 3.05. The normalized spacial score (nSPS) is 14.4. The summed E-state index contributed by atoms with van der Waals surface area (Å²) in [7, 11) is 0. The van der Waals surface area contributed by atoms with Crippen LogP contribution in [0.3, 0.4) is 0 Å². The molecule has 5 nitrogen and oxygen atoms in total. The second kappa shape index (κ2) is 6.19. The smallest absolute Gasteiger partial charge is 0.408 e. The molecular weight excluding hydrogens is 323 g/mol. The predicted molar refractivity (Wildman–Crippen MR) is 89.7 cm³/mol. The lowest BCUT2D eigenvalue weighted by atomic mass is 10.0. The highest BCUT2D eigenvalue weighted by atomic mass is 19.1. The van der Waals surface area contributed by atoms with Crippen molar-refractivity contribution in [1.82, 2.24) is 4.57 Å². The van der Waals surface area contributed by atoms with Crippen molar-refractivity contribution < 1.29 is 13.5 Å². The summed E-state index contributed by atoms with van der Waals surface area (Å²) in [5.74, 6) is -0.733. The molecule has 1 aliphatic heterocycles. The molecule has 0 spiro atoms. The zero-order valence-corrected chi connectivity index (χ0v) is 13.4. The number of nitriles is 1. The maximum absolute atomic E-state index is 14.2. The van der Waals surface area contributed by atoms with Gasteiger partial charge in [-0.25, -0.2) is 9.18 Å². The van der Waals surface area contributed by atoms with E-state index in [-0.39, 0.29) is 18.3 Å². The summed E-state index contributed by atoms with van der Waals surface area (Å²) in [6.45, 7) is 0.974. The van der Waals surface area contributed by atoms with Gasteiger partial charge in [0.25, 0.3) is 0 Å². The summed E-state index contributed by atoms with van der Waals surface area (Å²) in [4.78, 5) is 12.1. The van der Waals surface area contributed by atoms with Crippen molar-refractivity contribution in [2.75, 3.05) is 13.2 Å². The Hall–Kier alpha value is -2.91. The van der Waals surface area contributed by atoms with Crippen molar-refractivity contribution >= 4 is 11.1 Å². The highest BCUT2D eigenvalue weighted by Gasteiger charge is 2.25. The number of aryl methyl sites for hydroxylation is 1. The van der Waals surface area contributed by atoms with Crippen LogP contribution in [0.4, 0.5) is 4.39 Å². The Morgan fingerprint density at radius 2 is 1.96 bits per heavy atom. The molecule has 0 atom stereocenters. The van der Waals surface area contributed by atoms with Gasteiger partial charge in [-0.2, -0.15) is 5.26 Å². The van der Waals surface area contributed by atoms with Crippen molar-refractivity contribution in [3.8, 4) is 17.2 Å². The Kier molecular flexibility index (Phi) is 3.86. The van der Waals surface area contributed by atoms with Crippen LogP contribution in [0.1, 0.15) is 18.0 Å². The first kappa shape index (κ1) is 15.6. The van der Waals surface area contributed by atoms with Gasteiger partial charge in [-0.05, 0) is 41.3 Å². The first-order valence-corrected chi connectivity index (χ1v) is 8.06. The lowest BCUT2D eigenvalue weighted by Crippen LogP contribution is -2.35. The molecule has 126 valence electrons. The van der Waals surface area contributed by atoms with Crippen LogP contribution in [0.25, 0.3) is 22.2 Å². The first-order chi connectivity index (χ1) is 12.2. The number of hydrogen-bond acceptors (Lipinski definition) is 4. The van der Waals surface area contributed by atoms with Crippen LogP contribution < -0.4 is 5.76 Å². The van der Waals surface area contributed by atoms with Crippen molar-refractivity contribution in [1.29, 1.82) is 5.26 Å². The maximum Gasteiger partial charge on any atom is 0.420 e. The van der Waals surface area contributed by atoms with E-state index in [1.807, 2.05) is 18.2 Å². The molecule has 0 unspecified atom stereocenters. The highest BCUT2D eigenvalue weighted by Crippen LogP contribution is 2.28. The Morgan fingerprint density at radius 1 is 1.20 bits per heavy atom. The van der Waals surface area contributed by atoms with Gasteiger partial charge in [-0.15, -0.1) is 0 Å². The average Bonchev–Trinajstić information content (AvgIpc) is 2.88. The fraction of sp³-hybridized carbons (Fsp3) is 0.263. The molecular formula is C19H15FN2O3. The minimum Gasteiger partial charge on any atom is -0.408 e. The molecule has 0 saturated carbocycles. The number of aromatic nitrogens is 1. The number of benzene rings is 2. The molecule has 2 heterocycles. The molecule has 0 radical (unpaired) electrons. The predicted octanol–water partition coefficient (Wildman–Crippen LogP) is 3.43. The van der Waals surface area contributed by atoms with Gasteiger partial charge in [-0.1, -0.05) is 18.2 Å². The molecule has 1 fully saturated rings. The van der Waals surface area contributed by atoms with Crippen LogP contribution in [-0.2, 0) is 11.2 Å². The SMILES string of the molecule is N#CCCc1ccc(-c2ccc3oc(=O)n(C4COC4)c3c2)cc1F. The summed E-state index contributed by atoms with van der Waals surface area (Å²) >= 11 is 0. The lowest BCUT2D eigenvalue weighted by molar-refractivity contribution is -0.0242. The number of hydrogen-bond donors (Lipinski definition) is 0. The molecule has 0 aliphatic carbocycles. The van der Waals surface area contributed by atoms with Crippen LogP contribution in [0.15, 0.2) is 45.6 Å². The second-order valence-corrected chi connectivity index (χ2v) is 6.08. The van der Waals surface area contributed by atoms with Gasteiger partial charge in [-0.3, -0.25) is 4.57 Å². The molecule has 25 heavy (non-hydrogen) atoms. The van der Waals surface area contributed by atoms with Gasteiger partial charge in [0.15, 0.2) is 5.58 Å². The molecule has 1 aromatic heterocycles. The van der Waals surface area contributed by atoms with Crippen LogP contribution in [-0.4, -0.2) is 17.8 Å². The summed E-state index contributed by atoms with van der Waals surface area (Å²) in [6, 6.07) is 12.4. The monoisotopic (exact) mass is 338 g/mol. The number of fused-ring (bicyclic) bond motifs is 1. The van der Waals surface area contributed by atoms with Crippen LogP contribution in [0, 0.1) is 17.1 Å². The third-order valence-electron chi connectivity index (χ3n) is 4.49. The molecule has 3 aromatic rings. The zero-order valence-electron chi connectivity index (χ0n) is 13.4. The number of rotatable bonds is 4. The molecule has 0 N–H and O–H groups in total. The third-order valence-corrected chi connectivity index (χ3v) is 4.49. The van der Waals surface area contributed by atoms with E-state index in [1.165, 1.54) is 6.07 Å². The standard InChI is InChI=1S/C19H15FN2O3/c20-16-8-13(4-3-12(16)2-1-7-21)14-5-6-18-17(9-14)22(19(23)25-18)15-10-24-11-15/h3-6,8-9,15H,1-2,10-11H2. The van der Waals surface area contributed by atoms with E-state index in [2.05, 4.69) is 0 Å². The summed E-state index contributed by atoms with van der Waals surface area (Å²) in [5.41, 5.74) is 3.23. The number of nitrogens with zero attached hydrogens (tertiary/aromatic N) is 2. The van der Waals surface area contributed by atoms with Gasteiger partial charge < -0.3 is 9.15 Å². The highest BCUT2D eigenvalue weighted by molar-refractivity contribution is 5.81. The fourth-order valence-corrected chi connectivity index (χ4v) is 3.05. The largest absolute Gasteiger partial charge is 0.420 e. The number of halogens is 1. The van der Waals surface area contributed by atoms with Crippen molar-refractivity contribution in [2.24, 2.45) is 0 Å². The van der Waals surface area contributed by atoms with E-state index in [4.69, 9.17) is 14.4 Å². The molecule has 1 aliphatic rings. The molecule has 2 aromatic carbocycles. The first-order valence-electron chi connectivity index (χ1n) is 8.06. The minimum absolute atomic E-state index is 0.0194. The minimum atomic E-state index is -0.404. The zero-order chi connectivity index (χ0) is 17.4. The van der Waals surface area contributed by atoms with E-state index in [9.17, 15) is 9.18 Å². The average molecular weight is 338 g/mol. The van der Waals surface area contributed by atoms with Crippen LogP contribution in [0.2, 0.25) is 0 Å². The van der Waals surface area contributed by atoms with Crippen LogP contribution >= 0.6 is 0 Å². The van der Waals surface area contributed by atoms with E-state index < -0.39 is 5.76 Å². The van der Waals surface area contributed by atoms with Crippen molar-refractivity contribution in [3.63, 3.8) is 0 Å². The molecule has 1 saturated heterocycles. The topological polar surface area (TPSA) is 68.2 Å². The Morgan fingerprint density at radius 3 is 2.64 bits per heavy atom. The van der Waals surface area contributed by atoms with Gasteiger partial charge in [0.05, 0.1) is 30.8 Å². The van der Waals surface area contributed by atoms with E-state index in [0.717, 1.165) is 5.56 Å². The van der Waals surface area contributed by atoms with E-state index >= 15 is 0 Å². The van der Waals surface area contributed by atoms with Gasteiger partial charge in [0, 0.05) is 6.42 Å². The molecule has 6 heteroatoms. The third kappa shape index (κ3) is 2.73. The molecule has 0 amide bonds. The van der Waals surface area contributed by atoms with Gasteiger partial charge >= 0.3 is 5.76 Å². The maximum atomic E-state index is 14.2. The van der Waals surface area contributed by atoms with Gasteiger partial charge in [0.1, 0.15) is 5.82 Å². The van der Waals surface area contributed by atoms with E-state index in [1.54, 1.807) is 22.8 Å². The Bertz CT molecular complexity index is 1040. The number of oxazole rings is 1.